The topological polar surface area (TPSA) is 63.0 Å². The molecule has 0 radical (unpaired) electrons. The molecular formula is C21H19F2N5O2. The van der Waals surface area contributed by atoms with E-state index in [2.05, 4.69) is 10.1 Å². The summed E-state index contributed by atoms with van der Waals surface area (Å²) in [7, 11) is 1.88. The van der Waals surface area contributed by atoms with Gasteiger partial charge >= 0.3 is 6.03 Å². The highest BCUT2D eigenvalue weighted by Gasteiger charge is 2.39. The van der Waals surface area contributed by atoms with Crippen molar-refractivity contribution < 1.29 is 18.3 Å². The Balaban J connectivity index is 1.24. The number of aromatic nitrogens is 2. The van der Waals surface area contributed by atoms with Crippen molar-refractivity contribution >= 4 is 23.3 Å². The van der Waals surface area contributed by atoms with E-state index in [1.54, 1.807) is 11.1 Å². The molecule has 0 bridgehead atoms. The summed E-state index contributed by atoms with van der Waals surface area (Å²) >= 11 is 0. The highest BCUT2D eigenvalue weighted by molar-refractivity contribution is 5.79. The first-order chi connectivity index (χ1) is 14.5. The molecule has 1 unspecified atom stereocenters. The van der Waals surface area contributed by atoms with Gasteiger partial charge in [-0.1, -0.05) is 12.1 Å². The fraction of sp³-hybridized carbons (Fsp3) is 0.286. The van der Waals surface area contributed by atoms with Crippen LogP contribution in [-0.2, 0) is 7.05 Å². The first-order valence-corrected chi connectivity index (χ1v) is 9.64. The van der Waals surface area contributed by atoms with Gasteiger partial charge in [0.15, 0.2) is 0 Å². The first-order valence-electron chi connectivity index (χ1n) is 9.64. The maximum Gasteiger partial charge on any atom is 0.341 e. The van der Waals surface area contributed by atoms with Gasteiger partial charge in [-0.15, -0.1) is 0 Å². The molecule has 1 fully saturated rings. The van der Waals surface area contributed by atoms with Gasteiger partial charge in [-0.3, -0.25) is 4.57 Å². The van der Waals surface area contributed by atoms with Gasteiger partial charge in [0.25, 0.3) is 6.01 Å². The van der Waals surface area contributed by atoms with Gasteiger partial charge in [-0.2, -0.15) is 10.1 Å². The van der Waals surface area contributed by atoms with E-state index in [1.165, 1.54) is 17.1 Å². The van der Waals surface area contributed by atoms with E-state index in [4.69, 9.17) is 4.74 Å². The van der Waals surface area contributed by atoms with Crippen LogP contribution in [0.4, 0.5) is 13.6 Å². The van der Waals surface area contributed by atoms with Gasteiger partial charge in [0.05, 0.1) is 30.2 Å². The fourth-order valence-corrected chi connectivity index (χ4v) is 3.83. The van der Waals surface area contributed by atoms with Gasteiger partial charge < -0.3 is 9.64 Å². The van der Waals surface area contributed by atoms with E-state index in [0.717, 1.165) is 17.1 Å². The number of carbonyl (C=O) groups is 1. The van der Waals surface area contributed by atoms with Crippen LogP contribution >= 0.6 is 0 Å². The van der Waals surface area contributed by atoms with Crippen LogP contribution in [0, 0.1) is 11.6 Å². The average Bonchev–Trinajstić information content (AvgIpc) is 3.29. The zero-order valence-corrected chi connectivity index (χ0v) is 16.2. The molecular weight excluding hydrogens is 392 g/mol. The molecule has 1 atom stereocenters. The van der Waals surface area contributed by atoms with Gasteiger partial charge in [0.1, 0.15) is 17.7 Å². The molecule has 0 saturated carbocycles. The summed E-state index contributed by atoms with van der Waals surface area (Å²) in [6, 6.07) is 10.7. The molecule has 0 N–H and O–H groups in total. The van der Waals surface area contributed by atoms with Crippen molar-refractivity contribution in [2.24, 2.45) is 12.1 Å². The molecule has 0 spiro atoms. The Morgan fingerprint density at radius 2 is 1.87 bits per heavy atom. The maximum atomic E-state index is 13.6. The van der Waals surface area contributed by atoms with Crippen LogP contribution in [0.2, 0.25) is 0 Å². The molecule has 2 aliphatic rings. The lowest BCUT2D eigenvalue weighted by Crippen LogP contribution is -2.59. The van der Waals surface area contributed by atoms with Crippen LogP contribution in [0.5, 0.6) is 6.01 Å². The average molecular weight is 411 g/mol. The molecule has 2 amide bonds. The molecule has 0 aliphatic carbocycles. The minimum Gasteiger partial charge on any atom is -0.458 e. The van der Waals surface area contributed by atoms with E-state index in [9.17, 15) is 13.6 Å². The molecule has 30 heavy (non-hydrogen) atoms. The lowest BCUT2D eigenvalue weighted by molar-refractivity contribution is 0.0213. The summed E-state index contributed by atoms with van der Waals surface area (Å²) in [5, 5.41) is 5.40. The Hall–Kier alpha value is -3.49. The van der Waals surface area contributed by atoms with Crippen molar-refractivity contribution in [2.75, 3.05) is 13.1 Å². The van der Waals surface area contributed by atoms with Crippen molar-refractivity contribution in [3.8, 4) is 6.01 Å². The number of aryl methyl sites for hydroxylation is 1. The highest BCUT2D eigenvalue weighted by Crippen LogP contribution is 2.31. The van der Waals surface area contributed by atoms with Crippen molar-refractivity contribution in [3.63, 3.8) is 0 Å². The van der Waals surface area contributed by atoms with Gasteiger partial charge in [0, 0.05) is 25.7 Å². The zero-order chi connectivity index (χ0) is 20.8. The number of hydrazone groups is 1. The lowest BCUT2D eigenvalue weighted by atomic mass is 10.0. The number of ether oxygens (including phenoxy) is 1. The molecule has 1 aromatic heterocycles. The Morgan fingerprint density at radius 1 is 1.13 bits per heavy atom. The Kier molecular flexibility index (Phi) is 4.38. The van der Waals surface area contributed by atoms with Crippen LogP contribution in [0.15, 0.2) is 47.6 Å². The Labute approximate surface area is 171 Å². The number of para-hydroxylation sites is 2. The Bertz CT molecular complexity index is 1140. The van der Waals surface area contributed by atoms with Crippen LogP contribution in [0.25, 0.3) is 11.0 Å². The molecule has 7 nitrogen and oxygen atoms in total. The fourth-order valence-electron chi connectivity index (χ4n) is 3.83. The summed E-state index contributed by atoms with van der Waals surface area (Å²) in [5.41, 5.74) is 2.20. The molecule has 3 aromatic rings. The minimum atomic E-state index is -0.677. The summed E-state index contributed by atoms with van der Waals surface area (Å²) in [5.74, 6) is -1.35. The Morgan fingerprint density at radius 3 is 2.60 bits per heavy atom. The van der Waals surface area contributed by atoms with E-state index >= 15 is 0 Å². The third-order valence-corrected chi connectivity index (χ3v) is 5.43. The first kappa shape index (κ1) is 18.5. The predicted octanol–water partition coefficient (Wildman–Crippen LogP) is 3.47. The van der Waals surface area contributed by atoms with Gasteiger partial charge in [-0.05, 0) is 29.8 Å². The molecule has 3 heterocycles. The second-order valence-electron chi connectivity index (χ2n) is 7.47. The number of halogens is 2. The van der Waals surface area contributed by atoms with E-state index < -0.39 is 17.7 Å². The number of likely N-dealkylation sites (tertiary alicyclic amines) is 1. The standard InChI is InChI=1S/C21H19F2N5O2/c1-26-19-5-3-2-4-17(19)25-20(26)30-16-11-27(12-16)21(29)28-18(6-7-24-28)13-8-14(22)10-15(23)9-13/h2-5,7-10,16,18H,6,11-12H2,1H3. The maximum absolute atomic E-state index is 13.6. The summed E-state index contributed by atoms with van der Waals surface area (Å²) in [6.07, 6.45) is 1.81. The number of urea groups is 1. The largest absolute Gasteiger partial charge is 0.458 e. The molecule has 9 heteroatoms. The second kappa shape index (κ2) is 7.08. The van der Waals surface area contributed by atoms with E-state index in [1.807, 2.05) is 35.9 Å². The number of fused-ring (bicyclic) bond motifs is 1. The van der Waals surface area contributed by atoms with Crippen molar-refractivity contribution in [1.82, 2.24) is 19.5 Å². The van der Waals surface area contributed by atoms with Crippen molar-refractivity contribution in [3.05, 3.63) is 59.7 Å². The minimum absolute atomic E-state index is 0.180. The smallest absolute Gasteiger partial charge is 0.341 e. The van der Waals surface area contributed by atoms with Crippen molar-refractivity contribution in [1.29, 1.82) is 0 Å². The molecule has 2 aliphatic heterocycles. The second-order valence-corrected chi connectivity index (χ2v) is 7.47. The number of benzene rings is 2. The number of imidazole rings is 1. The normalized spacial score (nSPS) is 18.8. The number of amides is 2. The zero-order valence-electron chi connectivity index (χ0n) is 16.2. The third-order valence-electron chi connectivity index (χ3n) is 5.43. The van der Waals surface area contributed by atoms with Gasteiger partial charge in [-0.25, -0.2) is 18.6 Å². The number of hydrogen-bond acceptors (Lipinski definition) is 4. The van der Waals surface area contributed by atoms with Gasteiger partial charge in [0.2, 0.25) is 0 Å². The summed E-state index contributed by atoms with van der Waals surface area (Å²) in [4.78, 5) is 18.9. The monoisotopic (exact) mass is 411 g/mol. The van der Waals surface area contributed by atoms with Crippen LogP contribution in [0.1, 0.15) is 18.0 Å². The SMILES string of the molecule is Cn1c(OC2CN(C(=O)N3N=CCC3c3cc(F)cc(F)c3)C2)nc2ccccc21. The predicted molar refractivity (Wildman–Crippen MR) is 106 cm³/mol. The lowest BCUT2D eigenvalue weighted by Gasteiger charge is -2.40. The third kappa shape index (κ3) is 3.16. The molecule has 1 saturated heterocycles. The quantitative estimate of drug-likeness (QED) is 0.663. The van der Waals surface area contributed by atoms with Crippen molar-refractivity contribution in [2.45, 2.75) is 18.6 Å². The molecule has 5 rings (SSSR count). The summed E-state index contributed by atoms with van der Waals surface area (Å²) < 4.78 is 35.0. The number of nitrogens with zero attached hydrogens (tertiary/aromatic N) is 5. The number of hydrogen-bond donors (Lipinski definition) is 0. The molecule has 2 aromatic carbocycles. The highest BCUT2D eigenvalue weighted by atomic mass is 19.1. The van der Waals surface area contributed by atoms with E-state index in [0.29, 0.717) is 31.1 Å². The summed E-state index contributed by atoms with van der Waals surface area (Å²) in [6.45, 7) is 0.774. The number of carbonyl (C=O) groups excluding carboxylic acids is 1. The van der Waals surface area contributed by atoms with Crippen LogP contribution in [-0.4, -0.2) is 50.9 Å². The number of rotatable bonds is 3. The molecule has 154 valence electrons. The van der Waals surface area contributed by atoms with E-state index in [-0.39, 0.29) is 12.1 Å². The van der Waals surface area contributed by atoms with Crippen LogP contribution < -0.4 is 4.74 Å². The van der Waals surface area contributed by atoms with Crippen LogP contribution in [0.3, 0.4) is 0 Å².